The predicted octanol–water partition coefficient (Wildman–Crippen LogP) is 5.09. The van der Waals surface area contributed by atoms with Gasteiger partial charge in [0.15, 0.2) is 0 Å². The van der Waals surface area contributed by atoms with E-state index in [1.165, 1.54) is 6.07 Å². The Kier molecular flexibility index (Phi) is 4.97. The number of rotatable bonds is 4. The third kappa shape index (κ3) is 3.78. The lowest BCUT2D eigenvalue weighted by Gasteiger charge is -2.15. The van der Waals surface area contributed by atoms with Gasteiger partial charge in [0.2, 0.25) is 0 Å². The Hall–Kier alpha value is -0.900. The maximum atomic E-state index is 13.6. The molecule has 0 saturated carbocycles. The quantitative estimate of drug-likeness (QED) is 0.816. The van der Waals surface area contributed by atoms with Crippen molar-refractivity contribution >= 4 is 27.5 Å². The largest absolute Gasteiger partial charge is 0.306 e. The molecule has 0 heterocycles. The summed E-state index contributed by atoms with van der Waals surface area (Å²) in [7, 11) is 0. The van der Waals surface area contributed by atoms with Crippen LogP contribution >= 0.6 is 27.5 Å². The molecule has 2 aromatic carbocycles. The number of hydrogen-bond donors (Lipinski definition) is 1. The Morgan fingerprint density at radius 1 is 1.26 bits per heavy atom. The Labute approximate surface area is 125 Å². The third-order valence-corrected chi connectivity index (χ3v) is 3.84. The molecule has 19 heavy (non-hydrogen) atoms. The van der Waals surface area contributed by atoms with E-state index in [4.69, 9.17) is 11.6 Å². The van der Waals surface area contributed by atoms with Crippen molar-refractivity contribution in [3.8, 4) is 0 Å². The van der Waals surface area contributed by atoms with Crippen LogP contribution in [0, 0.1) is 5.82 Å². The van der Waals surface area contributed by atoms with Crippen LogP contribution in [0.3, 0.4) is 0 Å². The van der Waals surface area contributed by atoms with Gasteiger partial charge >= 0.3 is 0 Å². The normalized spacial score (nSPS) is 12.4. The fourth-order valence-electron chi connectivity index (χ4n) is 1.85. The van der Waals surface area contributed by atoms with Gasteiger partial charge in [-0.05, 0) is 36.8 Å². The average molecular weight is 343 g/mol. The molecular weight excluding hydrogens is 329 g/mol. The second kappa shape index (κ2) is 6.51. The SMILES string of the molecule is CC(NCc1c(F)cccc1Cl)c1cccc(Br)c1. The summed E-state index contributed by atoms with van der Waals surface area (Å²) in [5.74, 6) is -0.276. The van der Waals surface area contributed by atoms with E-state index in [1.54, 1.807) is 12.1 Å². The molecular formula is C15H14BrClFN. The second-order valence-electron chi connectivity index (χ2n) is 4.36. The van der Waals surface area contributed by atoms with Crippen molar-refractivity contribution in [3.05, 3.63) is 68.9 Å². The van der Waals surface area contributed by atoms with Crippen molar-refractivity contribution in [1.29, 1.82) is 0 Å². The molecule has 0 aliphatic rings. The molecule has 0 fully saturated rings. The van der Waals surface area contributed by atoms with Crippen LogP contribution in [-0.2, 0) is 6.54 Å². The van der Waals surface area contributed by atoms with Gasteiger partial charge < -0.3 is 5.32 Å². The molecule has 0 bridgehead atoms. The minimum absolute atomic E-state index is 0.119. The summed E-state index contributed by atoms with van der Waals surface area (Å²) in [5, 5.41) is 3.73. The highest BCUT2D eigenvalue weighted by molar-refractivity contribution is 9.10. The molecule has 0 spiro atoms. The minimum atomic E-state index is -0.276. The van der Waals surface area contributed by atoms with Gasteiger partial charge in [-0.25, -0.2) is 4.39 Å². The first kappa shape index (κ1) is 14.5. The maximum absolute atomic E-state index is 13.6. The highest BCUT2D eigenvalue weighted by Crippen LogP contribution is 2.21. The van der Waals surface area contributed by atoms with Crippen molar-refractivity contribution in [1.82, 2.24) is 5.32 Å². The summed E-state index contributed by atoms with van der Waals surface area (Å²) in [6.07, 6.45) is 0. The molecule has 0 radical (unpaired) electrons. The highest BCUT2D eigenvalue weighted by atomic mass is 79.9. The minimum Gasteiger partial charge on any atom is -0.306 e. The van der Waals surface area contributed by atoms with Gasteiger partial charge in [-0.3, -0.25) is 0 Å². The van der Waals surface area contributed by atoms with Gasteiger partial charge in [-0.15, -0.1) is 0 Å². The fraction of sp³-hybridized carbons (Fsp3) is 0.200. The van der Waals surface area contributed by atoms with E-state index < -0.39 is 0 Å². The van der Waals surface area contributed by atoms with E-state index in [9.17, 15) is 4.39 Å². The van der Waals surface area contributed by atoms with E-state index >= 15 is 0 Å². The summed E-state index contributed by atoms with van der Waals surface area (Å²) in [5.41, 5.74) is 1.65. The fourth-order valence-corrected chi connectivity index (χ4v) is 2.50. The van der Waals surface area contributed by atoms with E-state index in [2.05, 4.69) is 21.2 Å². The molecule has 0 aliphatic carbocycles. The van der Waals surface area contributed by atoms with Gasteiger partial charge in [0, 0.05) is 27.6 Å². The third-order valence-electron chi connectivity index (χ3n) is 3.00. The predicted molar refractivity (Wildman–Crippen MR) is 80.8 cm³/mol. The van der Waals surface area contributed by atoms with Crippen LogP contribution in [-0.4, -0.2) is 0 Å². The van der Waals surface area contributed by atoms with Gasteiger partial charge in [-0.2, -0.15) is 0 Å². The van der Waals surface area contributed by atoms with Gasteiger partial charge in [-0.1, -0.05) is 45.7 Å². The first-order valence-electron chi connectivity index (χ1n) is 5.99. The van der Waals surface area contributed by atoms with E-state index in [1.807, 2.05) is 31.2 Å². The second-order valence-corrected chi connectivity index (χ2v) is 5.68. The Morgan fingerprint density at radius 3 is 2.68 bits per heavy atom. The van der Waals surface area contributed by atoms with E-state index in [0.29, 0.717) is 17.1 Å². The first-order chi connectivity index (χ1) is 9.08. The summed E-state index contributed by atoms with van der Waals surface area (Å²) in [4.78, 5) is 0. The summed E-state index contributed by atoms with van der Waals surface area (Å²) in [6.45, 7) is 2.44. The standard InChI is InChI=1S/C15H14BrClFN/c1-10(11-4-2-5-12(16)8-11)19-9-13-14(17)6-3-7-15(13)18/h2-8,10,19H,9H2,1H3. The molecule has 0 aromatic heterocycles. The van der Waals surface area contributed by atoms with Crippen molar-refractivity contribution < 1.29 is 4.39 Å². The molecule has 1 nitrogen and oxygen atoms in total. The molecule has 1 atom stereocenters. The van der Waals surface area contributed by atoms with Crippen LogP contribution in [0.2, 0.25) is 5.02 Å². The summed E-state index contributed by atoms with van der Waals surface area (Å²) >= 11 is 9.44. The lowest BCUT2D eigenvalue weighted by molar-refractivity contribution is 0.544. The molecule has 1 N–H and O–H groups in total. The van der Waals surface area contributed by atoms with E-state index in [-0.39, 0.29) is 11.9 Å². The number of benzene rings is 2. The zero-order valence-corrected chi connectivity index (χ0v) is 12.8. The highest BCUT2D eigenvalue weighted by Gasteiger charge is 2.10. The Balaban J connectivity index is 2.06. The van der Waals surface area contributed by atoms with Crippen LogP contribution in [0.1, 0.15) is 24.1 Å². The average Bonchev–Trinajstić information content (AvgIpc) is 2.38. The first-order valence-corrected chi connectivity index (χ1v) is 7.17. The molecule has 100 valence electrons. The lowest BCUT2D eigenvalue weighted by atomic mass is 10.1. The van der Waals surface area contributed by atoms with Crippen LogP contribution in [0.15, 0.2) is 46.9 Å². The van der Waals surface area contributed by atoms with Gasteiger partial charge in [0.1, 0.15) is 5.82 Å². The van der Waals surface area contributed by atoms with Crippen molar-refractivity contribution in [2.24, 2.45) is 0 Å². The topological polar surface area (TPSA) is 12.0 Å². The monoisotopic (exact) mass is 341 g/mol. The number of nitrogens with one attached hydrogen (secondary N) is 1. The number of halogens is 3. The van der Waals surface area contributed by atoms with Gasteiger partial charge in [0.05, 0.1) is 0 Å². The zero-order chi connectivity index (χ0) is 13.8. The molecule has 1 unspecified atom stereocenters. The van der Waals surface area contributed by atoms with E-state index in [0.717, 1.165) is 10.0 Å². The summed E-state index contributed by atoms with van der Waals surface area (Å²) in [6, 6.07) is 12.9. The maximum Gasteiger partial charge on any atom is 0.129 e. The van der Waals surface area contributed by atoms with Crippen LogP contribution in [0.5, 0.6) is 0 Å². The molecule has 0 amide bonds. The molecule has 2 aromatic rings. The van der Waals surface area contributed by atoms with Crippen molar-refractivity contribution in [2.75, 3.05) is 0 Å². The lowest BCUT2D eigenvalue weighted by Crippen LogP contribution is -2.19. The number of hydrogen-bond acceptors (Lipinski definition) is 1. The van der Waals surface area contributed by atoms with Crippen LogP contribution in [0.4, 0.5) is 4.39 Å². The molecule has 0 saturated heterocycles. The van der Waals surface area contributed by atoms with Crippen molar-refractivity contribution in [2.45, 2.75) is 19.5 Å². The Bertz CT molecular complexity index is 554. The molecule has 2 rings (SSSR count). The van der Waals surface area contributed by atoms with Crippen LogP contribution < -0.4 is 5.32 Å². The molecule has 4 heteroatoms. The Morgan fingerprint density at radius 2 is 2.00 bits per heavy atom. The molecule has 0 aliphatic heterocycles. The zero-order valence-electron chi connectivity index (χ0n) is 10.5. The smallest absolute Gasteiger partial charge is 0.129 e. The van der Waals surface area contributed by atoms with Crippen molar-refractivity contribution in [3.63, 3.8) is 0 Å². The summed E-state index contributed by atoms with van der Waals surface area (Å²) < 4.78 is 14.7. The van der Waals surface area contributed by atoms with Gasteiger partial charge in [0.25, 0.3) is 0 Å². The van der Waals surface area contributed by atoms with Crippen LogP contribution in [0.25, 0.3) is 0 Å².